The molecule has 17 heavy (non-hydrogen) atoms. The van der Waals surface area contributed by atoms with Gasteiger partial charge in [-0.25, -0.2) is 0 Å². The van der Waals surface area contributed by atoms with Crippen molar-refractivity contribution in [2.45, 2.75) is 43.5 Å². The van der Waals surface area contributed by atoms with E-state index in [1.807, 2.05) is 0 Å². The lowest BCUT2D eigenvalue weighted by atomic mass is 9.99. The fraction of sp³-hybridized carbons (Fsp3) is 0.900. The first-order chi connectivity index (χ1) is 8.11. The molecule has 0 saturated carbocycles. The van der Waals surface area contributed by atoms with Crippen molar-refractivity contribution in [2.24, 2.45) is 0 Å². The Hall–Kier alpha value is -0.570. The van der Waals surface area contributed by atoms with Gasteiger partial charge in [0.2, 0.25) is 0 Å². The van der Waals surface area contributed by atoms with Crippen molar-refractivity contribution in [3.63, 3.8) is 0 Å². The fourth-order valence-electron chi connectivity index (χ4n) is 1.57. The molecule has 1 heterocycles. The maximum absolute atomic E-state index is 10.1. The van der Waals surface area contributed by atoms with Crippen LogP contribution in [0.25, 0.3) is 0 Å². The van der Waals surface area contributed by atoms with Gasteiger partial charge in [0.25, 0.3) is 0 Å². The summed E-state index contributed by atoms with van der Waals surface area (Å²) in [6.07, 6.45) is -4.74. The van der Waals surface area contributed by atoms with E-state index >= 15 is 0 Å². The predicted octanol–water partition coefficient (Wildman–Crippen LogP) is -2.22. The zero-order valence-electron chi connectivity index (χ0n) is 9.31. The smallest absolute Gasteiger partial charge is 0.186 e. The number of hydrogen-bond acceptors (Lipinski definition) is 7. The van der Waals surface area contributed by atoms with E-state index in [-0.39, 0.29) is 6.61 Å². The molecule has 7 nitrogen and oxygen atoms in total. The number of aldehydes is 1. The first-order valence-electron chi connectivity index (χ1n) is 5.47. The van der Waals surface area contributed by atoms with E-state index < -0.39 is 37.3 Å². The molecule has 5 atom stereocenters. The predicted molar refractivity (Wildman–Crippen MR) is 55.0 cm³/mol. The number of aliphatic hydroxyl groups is 4. The lowest BCUT2D eigenvalue weighted by Gasteiger charge is -2.39. The Labute approximate surface area is 98.6 Å². The molecule has 0 spiro atoms. The fourth-order valence-corrected chi connectivity index (χ4v) is 1.57. The van der Waals surface area contributed by atoms with E-state index in [0.29, 0.717) is 12.8 Å². The molecule has 0 aliphatic carbocycles. The van der Waals surface area contributed by atoms with Crippen LogP contribution in [-0.2, 0) is 14.3 Å². The van der Waals surface area contributed by atoms with Crippen LogP contribution in [-0.4, -0.2) is 70.6 Å². The Balaban J connectivity index is 2.44. The number of rotatable bonds is 6. The Morgan fingerprint density at radius 2 is 1.88 bits per heavy atom. The van der Waals surface area contributed by atoms with Crippen molar-refractivity contribution >= 4 is 6.29 Å². The second-order valence-electron chi connectivity index (χ2n) is 3.88. The Kier molecular flexibility index (Phi) is 5.96. The molecular formula is C10H18O7. The molecule has 0 aromatic carbocycles. The first-order valence-corrected chi connectivity index (χ1v) is 5.47. The van der Waals surface area contributed by atoms with E-state index in [1.165, 1.54) is 0 Å². The maximum Gasteiger partial charge on any atom is 0.186 e. The van der Waals surface area contributed by atoms with E-state index in [2.05, 4.69) is 0 Å². The number of hydrogen-bond donors (Lipinski definition) is 4. The monoisotopic (exact) mass is 250 g/mol. The lowest BCUT2D eigenvalue weighted by Crippen LogP contribution is -2.59. The summed E-state index contributed by atoms with van der Waals surface area (Å²) in [5.41, 5.74) is 0. The summed E-state index contributed by atoms with van der Waals surface area (Å²) in [6.45, 7) is -0.305. The van der Waals surface area contributed by atoms with E-state index in [0.717, 1.165) is 6.29 Å². The van der Waals surface area contributed by atoms with Gasteiger partial charge in [-0.2, -0.15) is 0 Å². The van der Waals surface area contributed by atoms with Gasteiger partial charge in [-0.05, 0) is 6.42 Å². The standard InChI is InChI=1S/C10H18O7/c11-3-1-2-4-16-10-9(15)8(14)7(13)6(5-12)17-10/h3,6-10,12-15H,1-2,4-5H2/t6-,7-,8+,9-,10?/m1/s1. The van der Waals surface area contributed by atoms with Crippen LogP contribution in [0.1, 0.15) is 12.8 Å². The van der Waals surface area contributed by atoms with Crippen LogP contribution in [0.2, 0.25) is 0 Å². The maximum atomic E-state index is 10.1. The van der Waals surface area contributed by atoms with Crippen LogP contribution in [0.15, 0.2) is 0 Å². The van der Waals surface area contributed by atoms with Crippen molar-refractivity contribution in [2.75, 3.05) is 13.2 Å². The summed E-state index contributed by atoms with van der Waals surface area (Å²) in [5.74, 6) is 0. The molecule has 4 N–H and O–H groups in total. The molecule has 1 aliphatic heterocycles. The molecule has 7 heteroatoms. The van der Waals surface area contributed by atoms with E-state index in [9.17, 15) is 20.1 Å². The molecule has 1 saturated heterocycles. The number of carbonyl (C=O) groups is 1. The topological polar surface area (TPSA) is 116 Å². The molecule has 100 valence electrons. The molecule has 1 fully saturated rings. The third-order valence-corrected chi connectivity index (χ3v) is 2.60. The van der Waals surface area contributed by atoms with Crippen LogP contribution in [0.3, 0.4) is 0 Å². The molecule has 0 radical (unpaired) electrons. The van der Waals surface area contributed by atoms with Crippen molar-refractivity contribution < 1.29 is 34.7 Å². The van der Waals surface area contributed by atoms with Crippen LogP contribution >= 0.6 is 0 Å². The zero-order valence-corrected chi connectivity index (χ0v) is 9.31. The van der Waals surface area contributed by atoms with E-state index in [4.69, 9.17) is 14.6 Å². The van der Waals surface area contributed by atoms with Gasteiger partial charge in [0.15, 0.2) is 6.29 Å². The largest absolute Gasteiger partial charge is 0.394 e. The third kappa shape index (κ3) is 3.70. The summed E-state index contributed by atoms with van der Waals surface area (Å²) < 4.78 is 10.2. The number of ether oxygens (including phenoxy) is 2. The highest BCUT2D eigenvalue weighted by molar-refractivity contribution is 5.48. The third-order valence-electron chi connectivity index (χ3n) is 2.60. The second-order valence-corrected chi connectivity index (χ2v) is 3.88. The number of aliphatic hydroxyl groups excluding tert-OH is 4. The molecule has 1 rings (SSSR count). The van der Waals surface area contributed by atoms with Gasteiger partial charge in [0.1, 0.15) is 30.7 Å². The van der Waals surface area contributed by atoms with Crippen LogP contribution < -0.4 is 0 Å². The average Bonchev–Trinajstić information content (AvgIpc) is 2.34. The summed E-state index contributed by atoms with van der Waals surface area (Å²) in [7, 11) is 0. The van der Waals surface area contributed by atoms with Crippen molar-refractivity contribution in [1.82, 2.24) is 0 Å². The van der Waals surface area contributed by atoms with Crippen LogP contribution in [0.4, 0.5) is 0 Å². The summed E-state index contributed by atoms with van der Waals surface area (Å²) >= 11 is 0. The minimum absolute atomic E-state index is 0.182. The Bertz CT molecular complexity index is 233. The van der Waals surface area contributed by atoms with Crippen LogP contribution in [0, 0.1) is 0 Å². The van der Waals surface area contributed by atoms with Gasteiger partial charge in [-0.3, -0.25) is 0 Å². The average molecular weight is 250 g/mol. The number of carbonyl (C=O) groups excluding carboxylic acids is 1. The van der Waals surface area contributed by atoms with Gasteiger partial charge >= 0.3 is 0 Å². The van der Waals surface area contributed by atoms with Crippen molar-refractivity contribution in [1.29, 1.82) is 0 Å². The molecular weight excluding hydrogens is 232 g/mol. The molecule has 0 amide bonds. The molecule has 0 aromatic heterocycles. The first kappa shape index (κ1) is 14.5. The highest BCUT2D eigenvalue weighted by atomic mass is 16.7. The summed E-state index contributed by atoms with van der Waals surface area (Å²) in [5, 5.41) is 37.4. The molecule has 1 aliphatic rings. The van der Waals surface area contributed by atoms with Gasteiger partial charge in [0, 0.05) is 6.42 Å². The zero-order chi connectivity index (χ0) is 12.8. The minimum Gasteiger partial charge on any atom is -0.394 e. The number of unbranched alkanes of at least 4 members (excludes halogenated alkanes) is 1. The van der Waals surface area contributed by atoms with Gasteiger partial charge in [-0.15, -0.1) is 0 Å². The lowest BCUT2D eigenvalue weighted by molar-refractivity contribution is -0.301. The normalized spacial score (nSPS) is 38.0. The Morgan fingerprint density at radius 1 is 1.18 bits per heavy atom. The van der Waals surface area contributed by atoms with Gasteiger partial charge < -0.3 is 34.7 Å². The summed E-state index contributed by atoms with van der Waals surface area (Å²) in [6, 6.07) is 0. The van der Waals surface area contributed by atoms with Gasteiger partial charge in [-0.1, -0.05) is 0 Å². The quantitative estimate of drug-likeness (QED) is 0.312. The molecule has 0 bridgehead atoms. The molecule has 1 unspecified atom stereocenters. The highest BCUT2D eigenvalue weighted by Gasteiger charge is 2.43. The second kappa shape index (κ2) is 7.00. The molecule has 0 aromatic rings. The van der Waals surface area contributed by atoms with Gasteiger partial charge in [0.05, 0.1) is 13.2 Å². The van der Waals surface area contributed by atoms with E-state index in [1.54, 1.807) is 0 Å². The minimum atomic E-state index is -1.43. The van der Waals surface area contributed by atoms with Crippen LogP contribution in [0.5, 0.6) is 0 Å². The summed E-state index contributed by atoms with van der Waals surface area (Å²) in [4.78, 5) is 10.1. The highest BCUT2D eigenvalue weighted by Crippen LogP contribution is 2.21. The van der Waals surface area contributed by atoms with Crippen molar-refractivity contribution in [3.8, 4) is 0 Å². The van der Waals surface area contributed by atoms with Crippen molar-refractivity contribution in [3.05, 3.63) is 0 Å². The Morgan fingerprint density at radius 3 is 2.47 bits per heavy atom. The SMILES string of the molecule is O=CCCCOC1O[C@H](CO)[C@@H](O)[C@H](O)[C@H]1O.